The molecule has 172 valence electrons. The molecule has 1 fully saturated rings. The molecule has 1 saturated heterocycles. The van der Waals surface area contributed by atoms with Crippen molar-refractivity contribution < 1.29 is 18.3 Å². The van der Waals surface area contributed by atoms with Crippen LogP contribution in [0.2, 0.25) is 0 Å². The van der Waals surface area contributed by atoms with E-state index in [1.54, 1.807) is 12.3 Å². The maximum Gasteiger partial charge on any atom is 0.276 e. The minimum absolute atomic E-state index is 0.0358. The molecule has 3 aromatic rings. The van der Waals surface area contributed by atoms with Gasteiger partial charge in [0.15, 0.2) is 11.5 Å². The van der Waals surface area contributed by atoms with E-state index < -0.39 is 17.5 Å². The summed E-state index contributed by atoms with van der Waals surface area (Å²) in [5.74, 6) is -1.86. The zero-order valence-corrected chi connectivity index (χ0v) is 18.0. The Balaban J connectivity index is 1.68. The molecule has 0 spiro atoms. The second kappa shape index (κ2) is 9.37. The third kappa shape index (κ3) is 4.70. The maximum absolute atomic E-state index is 14.7. The van der Waals surface area contributed by atoms with Gasteiger partial charge in [0.1, 0.15) is 17.3 Å². The van der Waals surface area contributed by atoms with Crippen LogP contribution in [-0.2, 0) is 0 Å². The number of hydrogen-bond donors (Lipinski definition) is 3. The molecular formula is C23H24F2N6O2. The summed E-state index contributed by atoms with van der Waals surface area (Å²) >= 11 is 0. The summed E-state index contributed by atoms with van der Waals surface area (Å²) in [6.07, 6.45) is 5.02. The van der Waals surface area contributed by atoms with E-state index in [2.05, 4.69) is 20.2 Å². The van der Waals surface area contributed by atoms with Gasteiger partial charge >= 0.3 is 0 Å². The van der Waals surface area contributed by atoms with Crippen molar-refractivity contribution in [2.24, 2.45) is 5.73 Å². The number of benzene rings is 1. The van der Waals surface area contributed by atoms with Crippen molar-refractivity contribution >= 4 is 23.0 Å². The van der Waals surface area contributed by atoms with E-state index in [9.17, 15) is 13.6 Å². The Labute approximate surface area is 189 Å². The molecule has 8 nitrogen and oxygen atoms in total. The van der Waals surface area contributed by atoms with Crippen molar-refractivity contribution in [1.82, 2.24) is 9.97 Å². The van der Waals surface area contributed by atoms with Crippen molar-refractivity contribution in [2.75, 3.05) is 36.1 Å². The van der Waals surface area contributed by atoms with E-state index in [1.165, 1.54) is 25.4 Å². The van der Waals surface area contributed by atoms with Gasteiger partial charge in [-0.3, -0.25) is 9.78 Å². The predicted molar refractivity (Wildman–Crippen MR) is 122 cm³/mol. The molecule has 4 rings (SSSR count). The van der Waals surface area contributed by atoms with Crippen molar-refractivity contribution in [2.45, 2.75) is 18.9 Å². The topological polar surface area (TPSA) is 119 Å². The molecule has 1 amide bonds. The molecule has 5 N–H and O–H groups in total. The SMILES string of the molecule is COc1ccc(F)cc1-c1nc(C(=O)Nc2cnccc2N2CCC[C@H](N)C2)c(N)cc1F. The Kier molecular flexibility index (Phi) is 6.36. The summed E-state index contributed by atoms with van der Waals surface area (Å²) < 4.78 is 33.8. The summed E-state index contributed by atoms with van der Waals surface area (Å²) in [5.41, 5.74) is 12.7. The highest BCUT2D eigenvalue weighted by molar-refractivity contribution is 6.08. The predicted octanol–water partition coefficient (Wildman–Crippen LogP) is 3.19. The van der Waals surface area contributed by atoms with Crippen LogP contribution in [0.1, 0.15) is 23.3 Å². The van der Waals surface area contributed by atoms with E-state index in [0.717, 1.165) is 37.2 Å². The molecule has 33 heavy (non-hydrogen) atoms. The number of anilines is 3. The number of nitrogen functional groups attached to an aromatic ring is 1. The first-order valence-electron chi connectivity index (χ1n) is 10.4. The van der Waals surface area contributed by atoms with Gasteiger partial charge < -0.3 is 26.4 Å². The molecule has 0 bridgehead atoms. The van der Waals surface area contributed by atoms with Gasteiger partial charge in [-0.2, -0.15) is 0 Å². The summed E-state index contributed by atoms with van der Waals surface area (Å²) in [6, 6.07) is 6.43. The first-order valence-corrected chi connectivity index (χ1v) is 10.4. The second-order valence-corrected chi connectivity index (χ2v) is 7.80. The number of pyridine rings is 2. The maximum atomic E-state index is 14.7. The van der Waals surface area contributed by atoms with Crippen LogP contribution in [0, 0.1) is 11.6 Å². The van der Waals surface area contributed by atoms with Gasteiger partial charge in [0.25, 0.3) is 5.91 Å². The van der Waals surface area contributed by atoms with Crippen LogP contribution in [0.4, 0.5) is 25.8 Å². The first kappa shape index (κ1) is 22.4. The Bertz CT molecular complexity index is 1190. The van der Waals surface area contributed by atoms with Gasteiger partial charge in [-0.15, -0.1) is 0 Å². The summed E-state index contributed by atoms with van der Waals surface area (Å²) in [5, 5.41) is 2.76. The van der Waals surface area contributed by atoms with E-state index >= 15 is 0 Å². The number of amides is 1. The molecule has 2 aromatic heterocycles. The minimum Gasteiger partial charge on any atom is -0.496 e. The standard InChI is InChI=1S/C23H24F2N6O2/c1-33-20-5-4-13(24)9-15(20)21-16(25)10-17(27)22(30-21)23(32)29-18-11-28-7-6-19(18)31-8-2-3-14(26)12-31/h4-7,9-11,14H,2-3,8,12,26-27H2,1H3,(H,29,32)/t14-/m0/s1. The number of piperidine rings is 1. The van der Waals surface area contributed by atoms with Crippen LogP contribution >= 0.6 is 0 Å². The Morgan fingerprint density at radius 3 is 2.85 bits per heavy atom. The third-order valence-electron chi connectivity index (χ3n) is 5.48. The average Bonchev–Trinajstić information content (AvgIpc) is 2.79. The third-order valence-corrected chi connectivity index (χ3v) is 5.48. The van der Waals surface area contributed by atoms with E-state index in [0.29, 0.717) is 12.2 Å². The van der Waals surface area contributed by atoms with Crippen LogP contribution in [0.5, 0.6) is 5.75 Å². The second-order valence-electron chi connectivity index (χ2n) is 7.80. The Morgan fingerprint density at radius 1 is 1.27 bits per heavy atom. The average molecular weight is 454 g/mol. The molecule has 1 aliphatic heterocycles. The molecule has 0 saturated carbocycles. The van der Waals surface area contributed by atoms with E-state index in [4.69, 9.17) is 16.2 Å². The lowest BCUT2D eigenvalue weighted by Gasteiger charge is -2.33. The minimum atomic E-state index is -0.808. The molecule has 0 aliphatic carbocycles. The molecule has 0 radical (unpaired) electrons. The van der Waals surface area contributed by atoms with Gasteiger partial charge in [0.05, 0.1) is 30.4 Å². The van der Waals surface area contributed by atoms with Crippen molar-refractivity contribution in [3.05, 3.63) is 60.1 Å². The number of ether oxygens (including phenoxy) is 1. The number of rotatable bonds is 5. The number of carbonyl (C=O) groups is 1. The number of halogens is 2. The number of aromatic nitrogens is 2. The quantitative estimate of drug-likeness (QED) is 0.542. The lowest BCUT2D eigenvalue weighted by Crippen LogP contribution is -2.43. The zero-order chi connectivity index (χ0) is 23.5. The summed E-state index contributed by atoms with van der Waals surface area (Å²) in [7, 11) is 1.37. The van der Waals surface area contributed by atoms with Gasteiger partial charge in [-0.1, -0.05) is 0 Å². The Morgan fingerprint density at radius 2 is 2.09 bits per heavy atom. The number of nitrogens with two attached hydrogens (primary N) is 2. The summed E-state index contributed by atoms with van der Waals surface area (Å²) in [4.78, 5) is 23.4. The van der Waals surface area contributed by atoms with Gasteiger partial charge in [0.2, 0.25) is 0 Å². The van der Waals surface area contributed by atoms with Gasteiger partial charge in [-0.25, -0.2) is 13.8 Å². The van der Waals surface area contributed by atoms with Crippen LogP contribution in [0.15, 0.2) is 42.7 Å². The molecule has 1 aromatic carbocycles. The molecule has 1 atom stereocenters. The van der Waals surface area contributed by atoms with Crippen molar-refractivity contribution in [3.63, 3.8) is 0 Å². The van der Waals surface area contributed by atoms with Crippen LogP contribution in [-0.4, -0.2) is 42.1 Å². The van der Waals surface area contributed by atoms with E-state index in [-0.39, 0.29) is 34.4 Å². The normalized spacial score (nSPS) is 15.9. The first-order chi connectivity index (χ1) is 15.9. The highest BCUT2D eigenvalue weighted by Gasteiger charge is 2.23. The highest BCUT2D eigenvalue weighted by Crippen LogP contribution is 2.33. The van der Waals surface area contributed by atoms with Crippen molar-refractivity contribution in [3.8, 4) is 17.0 Å². The van der Waals surface area contributed by atoms with Gasteiger partial charge in [-0.05, 0) is 37.1 Å². The van der Waals surface area contributed by atoms with Crippen molar-refractivity contribution in [1.29, 1.82) is 0 Å². The summed E-state index contributed by atoms with van der Waals surface area (Å²) in [6.45, 7) is 1.44. The van der Waals surface area contributed by atoms with Crippen LogP contribution in [0.25, 0.3) is 11.3 Å². The molecule has 3 heterocycles. The lowest BCUT2D eigenvalue weighted by molar-refractivity contribution is 0.102. The van der Waals surface area contributed by atoms with Gasteiger partial charge in [0, 0.05) is 37.0 Å². The fraction of sp³-hybridized carbons (Fsp3) is 0.261. The monoisotopic (exact) mass is 454 g/mol. The van der Waals surface area contributed by atoms with E-state index in [1.807, 2.05) is 0 Å². The fourth-order valence-corrected chi connectivity index (χ4v) is 3.91. The molecule has 10 heteroatoms. The lowest BCUT2D eigenvalue weighted by atomic mass is 10.1. The number of nitrogens with zero attached hydrogens (tertiary/aromatic N) is 3. The highest BCUT2D eigenvalue weighted by atomic mass is 19.1. The fourth-order valence-electron chi connectivity index (χ4n) is 3.91. The Hall–Kier alpha value is -3.79. The molecule has 1 aliphatic rings. The number of methoxy groups -OCH3 is 1. The number of hydrogen-bond acceptors (Lipinski definition) is 7. The smallest absolute Gasteiger partial charge is 0.276 e. The molecule has 0 unspecified atom stereocenters. The van der Waals surface area contributed by atoms with Crippen LogP contribution in [0.3, 0.4) is 0 Å². The number of carbonyl (C=O) groups excluding carboxylic acids is 1. The van der Waals surface area contributed by atoms with Crippen LogP contribution < -0.4 is 26.4 Å². The zero-order valence-electron chi connectivity index (χ0n) is 18.0. The molecular weight excluding hydrogens is 430 g/mol. The largest absolute Gasteiger partial charge is 0.496 e. The number of nitrogens with one attached hydrogen (secondary N) is 1.